The van der Waals surface area contributed by atoms with Crippen LogP contribution in [0.25, 0.3) is 0 Å². The quantitative estimate of drug-likeness (QED) is 0.911. The summed E-state index contributed by atoms with van der Waals surface area (Å²) in [6, 6.07) is 6.53. The van der Waals surface area contributed by atoms with Crippen molar-refractivity contribution in [2.75, 3.05) is 12.4 Å². The molecule has 0 radical (unpaired) electrons. The fourth-order valence-electron chi connectivity index (χ4n) is 1.50. The largest absolute Gasteiger partial charge is 0.506 e. The second-order valence-corrected chi connectivity index (χ2v) is 4.59. The smallest absolute Gasteiger partial charge is 0.257 e. The van der Waals surface area contributed by atoms with E-state index in [1.54, 1.807) is 25.3 Å². The van der Waals surface area contributed by atoms with E-state index in [2.05, 4.69) is 26.2 Å². The normalized spacial score (nSPS) is 10.0. The van der Waals surface area contributed by atoms with Gasteiger partial charge in [0.05, 0.1) is 23.3 Å². The predicted octanol–water partition coefficient (Wildman–Crippen LogP) is 2.81. The zero-order valence-corrected chi connectivity index (χ0v) is 11.6. The maximum Gasteiger partial charge on any atom is 0.257 e. The van der Waals surface area contributed by atoms with E-state index in [1.807, 2.05) is 0 Å². The molecule has 98 valence electrons. The molecular weight excluding hydrogens is 312 g/mol. The van der Waals surface area contributed by atoms with Crippen LogP contribution >= 0.6 is 15.9 Å². The van der Waals surface area contributed by atoms with Crippen LogP contribution < -0.4 is 10.1 Å². The van der Waals surface area contributed by atoms with Crippen molar-refractivity contribution in [2.24, 2.45) is 0 Å². The van der Waals surface area contributed by atoms with Crippen LogP contribution in [0.2, 0.25) is 0 Å². The first-order chi connectivity index (χ1) is 9.10. The van der Waals surface area contributed by atoms with Gasteiger partial charge in [-0.2, -0.15) is 0 Å². The van der Waals surface area contributed by atoms with E-state index in [1.165, 1.54) is 18.5 Å². The summed E-state index contributed by atoms with van der Waals surface area (Å²) in [4.78, 5) is 15.7. The average molecular weight is 323 g/mol. The second-order valence-electron chi connectivity index (χ2n) is 3.74. The molecule has 0 aliphatic heterocycles. The lowest BCUT2D eigenvalue weighted by Crippen LogP contribution is -2.12. The molecule has 1 aromatic carbocycles. The number of methoxy groups -OCH3 is 1. The van der Waals surface area contributed by atoms with Crippen LogP contribution in [0.15, 0.2) is 41.1 Å². The lowest BCUT2D eigenvalue weighted by molar-refractivity contribution is 0.102. The van der Waals surface area contributed by atoms with E-state index in [-0.39, 0.29) is 17.2 Å². The Labute approximate surface area is 118 Å². The molecule has 2 N–H and O–H groups in total. The number of benzene rings is 1. The predicted molar refractivity (Wildman–Crippen MR) is 74.5 cm³/mol. The number of ether oxygens (including phenoxy) is 1. The Kier molecular flexibility index (Phi) is 4.01. The van der Waals surface area contributed by atoms with Gasteiger partial charge in [0, 0.05) is 11.9 Å². The Morgan fingerprint density at radius 3 is 2.79 bits per heavy atom. The summed E-state index contributed by atoms with van der Waals surface area (Å²) in [5.74, 6) is 0.279. The molecule has 0 aliphatic rings. The molecule has 0 bridgehead atoms. The van der Waals surface area contributed by atoms with Gasteiger partial charge < -0.3 is 15.2 Å². The average Bonchev–Trinajstić information content (AvgIpc) is 2.39. The standard InChI is InChI=1S/C13H11BrN2O3/c1-19-12-3-2-9(5-11(12)14)16-13(18)8-4-10(17)7-15-6-8/h2-7,17H,1H3,(H,16,18). The van der Waals surface area contributed by atoms with Crippen molar-refractivity contribution in [3.05, 3.63) is 46.7 Å². The zero-order chi connectivity index (χ0) is 13.8. The number of aromatic nitrogens is 1. The molecule has 5 nitrogen and oxygen atoms in total. The minimum Gasteiger partial charge on any atom is -0.506 e. The van der Waals surface area contributed by atoms with Gasteiger partial charge >= 0.3 is 0 Å². The highest BCUT2D eigenvalue weighted by molar-refractivity contribution is 9.10. The molecule has 0 fully saturated rings. The summed E-state index contributed by atoms with van der Waals surface area (Å²) in [5, 5.41) is 12.0. The lowest BCUT2D eigenvalue weighted by atomic mass is 10.2. The maximum absolute atomic E-state index is 11.9. The highest BCUT2D eigenvalue weighted by atomic mass is 79.9. The van der Waals surface area contributed by atoms with Crippen LogP contribution in [0.4, 0.5) is 5.69 Å². The van der Waals surface area contributed by atoms with Crippen LogP contribution in [0.1, 0.15) is 10.4 Å². The molecule has 1 amide bonds. The number of pyridine rings is 1. The Hall–Kier alpha value is -2.08. The van der Waals surface area contributed by atoms with Crippen LogP contribution in [0.5, 0.6) is 11.5 Å². The molecule has 6 heteroatoms. The van der Waals surface area contributed by atoms with Crippen LogP contribution in [0, 0.1) is 0 Å². The molecule has 0 spiro atoms. The maximum atomic E-state index is 11.9. The summed E-state index contributed by atoms with van der Waals surface area (Å²) in [7, 11) is 1.57. The molecule has 2 rings (SSSR count). The first-order valence-electron chi connectivity index (χ1n) is 5.39. The Bertz CT molecular complexity index is 617. The summed E-state index contributed by atoms with van der Waals surface area (Å²) in [6.07, 6.45) is 2.65. The van der Waals surface area contributed by atoms with Crippen LogP contribution in [-0.2, 0) is 0 Å². The molecule has 0 atom stereocenters. The molecular formula is C13H11BrN2O3. The van der Waals surface area contributed by atoms with E-state index in [4.69, 9.17) is 4.74 Å². The number of aromatic hydroxyl groups is 1. The first-order valence-corrected chi connectivity index (χ1v) is 6.18. The number of nitrogens with zero attached hydrogens (tertiary/aromatic N) is 1. The summed E-state index contributed by atoms with van der Waals surface area (Å²) >= 11 is 3.34. The molecule has 0 saturated carbocycles. The van der Waals surface area contributed by atoms with Gasteiger partial charge in [0.25, 0.3) is 5.91 Å². The van der Waals surface area contributed by atoms with Crippen molar-refractivity contribution in [1.29, 1.82) is 0 Å². The van der Waals surface area contributed by atoms with E-state index >= 15 is 0 Å². The molecule has 1 heterocycles. The van der Waals surface area contributed by atoms with Gasteiger partial charge in [-0.3, -0.25) is 9.78 Å². The number of anilines is 1. The Balaban J connectivity index is 2.17. The number of amides is 1. The van der Waals surface area contributed by atoms with Crippen molar-refractivity contribution >= 4 is 27.5 Å². The SMILES string of the molecule is COc1ccc(NC(=O)c2cncc(O)c2)cc1Br. The fourth-order valence-corrected chi connectivity index (χ4v) is 2.04. The highest BCUT2D eigenvalue weighted by Crippen LogP contribution is 2.27. The number of nitrogens with one attached hydrogen (secondary N) is 1. The van der Waals surface area contributed by atoms with Gasteiger partial charge in [-0.1, -0.05) is 0 Å². The minimum atomic E-state index is -0.347. The third-order valence-electron chi connectivity index (χ3n) is 2.40. The third-order valence-corrected chi connectivity index (χ3v) is 3.02. The molecule has 19 heavy (non-hydrogen) atoms. The Morgan fingerprint density at radius 1 is 1.37 bits per heavy atom. The fraction of sp³-hybridized carbons (Fsp3) is 0.0769. The molecule has 0 aliphatic carbocycles. The van der Waals surface area contributed by atoms with Crippen molar-refractivity contribution in [3.8, 4) is 11.5 Å². The number of hydrogen-bond acceptors (Lipinski definition) is 4. The topological polar surface area (TPSA) is 71.5 Å². The molecule has 0 unspecified atom stereocenters. The second kappa shape index (κ2) is 5.71. The van der Waals surface area contributed by atoms with Gasteiger partial charge in [0.1, 0.15) is 11.5 Å². The molecule has 2 aromatic rings. The summed E-state index contributed by atoms with van der Waals surface area (Å²) < 4.78 is 5.84. The van der Waals surface area contributed by atoms with Gasteiger partial charge in [-0.15, -0.1) is 0 Å². The van der Waals surface area contributed by atoms with Crippen molar-refractivity contribution < 1.29 is 14.6 Å². The van der Waals surface area contributed by atoms with Gasteiger partial charge in [-0.05, 0) is 40.2 Å². The van der Waals surface area contributed by atoms with Crippen molar-refractivity contribution in [2.45, 2.75) is 0 Å². The summed E-state index contributed by atoms with van der Waals surface area (Å²) in [5.41, 5.74) is 0.896. The van der Waals surface area contributed by atoms with Gasteiger partial charge in [0.15, 0.2) is 0 Å². The van der Waals surface area contributed by atoms with Gasteiger partial charge in [-0.25, -0.2) is 0 Å². The van der Waals surface area contributed by atoms with Crippen LogP contribution in [0.3, 0.4) is 0 Å². The Morgan fingerprint density at radius 2 is 2.16 bits per heavy atom. The molecule has 1 aromatic heterocycles. The van der Waals surface area contributed by atoms with Crippen LogP contribution in [-0.4, -0.2) is 23.1 Å². The first kappa shape index (κ1) is 13.4. The number of carbonyl (C=O) groups is 1. The zero-order valence-electron chi connectivity index (χ0n) is 10.1. The highest BCUT2D eigenvalue weighted by Gasteiger charge is 2.08. The number of hydrogen-bond donors (Lipinski definition) is 2. The van der Waals surface area contributed by atoms with E-state index < -0.39 is 0 Å². The number of rotatable bonds is 3. The van der Waals surface area contributed by atoms with E-state index in [0.29, 0.717) is 11.4 Å². The van der Waals surface area contributed by atoms with Crippen molar-refractivity contribution in [3.63, 3.8) is 0 Å². The third kappa shape index (κ3) is 3.23. The lowest BCUT2D eigenvalue weighted by Gasteiger charge is -2.08. The minimum absolute atomic E-state index is 0.0523. The molecule has 0 saturated heterocycles. The number of halogens is 1. The van der Waals surface area contributed by atoms with E-state index in [9.17, 15) is 9.90 Å². The monoisotopic (exact) mass is 322 g/mol. The van der Waals surface area contributed by atoms with Crippen molar-refractivity contribution in [1.82, 2.24) is 4.98 Å². The summed E-state index contributed by atoms with van der Waals surface area (Å²) in [6.45, 7) is 0. The van der Waals surface area contributed by atoms with E-state index in [0.717, 1.165) is 4.47 Å². The number of carbonyl (C=O) groups excluding carboxylic acids is 1. The van der Waals surface area contributed by atoms with Gasteiger partial charge in [0.2, 0.25) is 0 Å².